The zero-order valence-electron chi connectivity index (χ0n) is 19.1. The van der Waals surface area contributed by atoms with E-state index in [1.807, 2.05) is 30.3 Å². The molecule has 0 radical (unpaired) electrons. The van der Waals surface area contributed by atoms with Crippen molar-refractivity contribution in [1.29, 1.82) is 0 Å². The zero-order valence-corrected chi connectivity index (χ0v) is 19.1. The molecule has 0 aromatic heterocycles. The molecule has 0 aliphatic heterocycles. The van der Waals surface area contributed by atoms with Gasteiger partial charge in [-0.05, 0) is 76.7 Å². The maximum Gasteiger partial charge on any atom is 0.272 e. The third-order valence-corrected chi connectivity index (χ3v) is 6.00. The maximum atomic E-state index is 13.3. The lowest BCUT2D eigenvalue weighted by Crippen LogP contribution is -2.30. The molecule has 4 aromatic rings. The highest BCUT2D eigenvalue weighted by Crippen LogP contribution is 2.37. The van der Waals surface area contributed by atoms with E-state index in [-0.39, 0.29) is 11.4 Å². The van der Waals surface area contributed by atoms with Crippen molar-refractivity contribution in [2.75, 3.05) is 5.32 Å². The number of fused-ring (bicyclic) bond motifs is 3. The van der Waals surface area contributed by atoms with Gasteiger partial charge in [-0.3, -0.25) is 19.7 Å². The van der Waals surface area contributed by atoms with E-state index in [2.05, 4.69) is 22.8 Å². The van der Waals surface area contributed by atoms with Crippen LogP contribution in [0.15, 0.2) is 103 Å². The van der Waals surface area contributed by atoms with E-state index in [9.17, 15) is 19.7 Å². The quantitative estimate of drug-likeness (QED) is 0.190. The highest BCUT2D eigenvalue weighted by atomic mass is 16.6. The first kappa shape index (κ1) is 22.7. The molecule has 36 heavy (non-hydrogen) atoms. The van der Waals surface area contributed by atoms with E-state index in [1.165, 1.54) is 41.5 Å². The number of hydrogen-bond acceptors (Lipinski definition) is 4. The third kappa shape index (κ3) is 4.76. The second-order valence-corrected chi connectivity index (χ2v) is 8.39. The fourth-order valence-corrected chi connectivity index (χ4v) is 4.22. The van der Waals surface area contributed by atoms with Crippen LogP contribution in [0.3, 0.4) is 0 Å². The molecule has 0 saturated heterocycles. The molecule has 5 rings (SSSR count). The summed E-state index contributed by atoms with van der Waals surface area (Å²) in [5.41, 5.74) is 6.18. The van der Waals surface area contributed by atoms with Gasteiger partial charge in [-0.25, -0.2) is 0 Å². The Morgan fingerprint density at radius 1 is 0.806 bits per heavy atom. The van der Waals surface area contributed by atoms with Crippen LogP contribution in [0.4, 0.5) is 11.4 Å². The summed E-state index contributed by atoms with van der Waals surface area (Å²) in [6, 6.07) is 28.3. The minimum atomic E-state index is -0.506. The van der Waals surface area contributed by atoms with Crippen molar-refractivity contribution in [3.63, 3.8) is 0 Å². The van der Waals surface area contributed by atoms with Gasteiger partial charge in [0.25, 0.3) is 17.5 Å². The van der Waals surface area contributed by atoms with E-state index >= 15 is 0 Å². The minimum absolute atomic E-state index is 0.0153. The summed E-state index contributed by atoms with van der Waals surface area (Å²) in [7, 11) is 0. The fraction of sp³-hybridized carbons (Fsp3) is 0.0345. The number of hydrogen-bond donors (Lipinski definition) is 2. The van der Waals surface area contributed by atoms with Crippen molar-refractivity contribution in [2.24, 2.45) is 0 Å². The number of rotatable bonds is 6. The van der Waals surface area contributed by atoms with Gasteiger partial charge in [0.05, 0.1) is 4.92 Å². The first-order valence-corrected chi connectivity index (χ1v) is 11.3. The van der Waals surface area contributed by atoms with Crippen LogP contribution in [0.1, 0.15) is 27.0 Å². The predicted octanol–water partition coefficient (Wildman–Crippen LogP) is 5.58. The smallest absolute Gasteiger partial charge is 0.272 e. The second kappa shape index (κ2) is 9.68. The van der Waals surface area contributed by atoms with Gasteiger partial charge in [-0.15, -0.1) is 0 Å². The highest BCUT2D eigenvalue weighted by Gasteiger charge is 2.20. The first-order chi connectivity index (χ1) is 17.5. The SMILES string of the molecule is O=C(Nc1ccc2c(c1)Cc1ccccc1-2)/C(=C\c1ccc([N+](=O)[O-])cc1)NC(=O)c1ccccc1. The van der Waals surface area contributed by atoms with Crippen molar-refractivity contribution in [3.05, 3.63) is 135 Å². The number of carbonyl (C=O) groups excluding carboxylic acids is 2. The number of nitrogens with one attached hydrogen (secondary N) is 2. The van der Waals surface area contributed by atoms with E-state index in [4.69, 9.17) is 0 Å². The van der Waals surface area contributed by atoms with E-state index < -0.39 is 16.7 Å². The number of nitro benzene ring substituents is 1. The number of carbonyl (C=O) groups is 2. The molecular formula is C29H21N3O4. The van der Waals surface area contributed by atoms with Crippen LogP contribution in [-0.2, 0) is 11.2 Å². The van der Waals surface area contributed by atoms with Gasteiger partial charge in [-0.2, -0.15) is 0 Å². The highest BCUT2D eigenvalue weighted by molar-refractivity contribution is 6.10. The Balaban J connectivity index is 1.41. The second-order valence-electron chi connectivity index (χ2n) is 8.39. The number of nitrogens with zero attached hydrogens (tertiary/aromatic N) is 1. The van der Waals surface area contributed by atoms with Gasteiger partial charge < -0.3 is 10.6 Å². The van der Waals surface area contributed by atoms with Gasteiger partial charge in [0.1, 0.15) is 5.70 Å². The maximum absolute atomic E-state index is 13.3. The van der Waals surface area contributed by atoms with Crippen molar-refractivity contribution in [3.8, 4) is 11.1 Å². The largest absolute Gasteiger partial charge is 0.321 e. The van der Waals surface area contributed by atoms with Crippen molar-refractivity contribution < 1.29 is 14.5 Å². The van der Waals surface area contributed by atoms with Gasteiger partial charge in [0.15, 0.2) is 0 Å². The molecule has 0 atom stereocenters. The summed E-state index contributed by atoms with van der Waals surface area (Å²) in [4.78, 5) is 36.6. The van der Waals surface area contributed by atoms with E-state index in [0.29, 0.717) is 16.8 Å². The molecule has 0 spiro atoms. The van der Waals surface area contributed by atoms with Crippen LogP contribution in [0.5, 0.6) is 0 Å². The average molecular weight is 476 g/mol. The van der Waals surface area contributed by atoms with Crippen LogP contribution < -0.4 is 10.6 Å². The summed E-state index contributed by atoms with van der Waals surface area (Å²) >= 11 is 0. The summed E-state index contributed by atoms with van der Waals surface area (Å²) in [6.45, 7) is 0. The van der Waals surface area contributed by atoms with Crippen molar-refractivity contribution >= 4 is 29.3 Å². The fourth-order valence-electron chi connectivity index (χ4n) is 4.22. The molecular weight excluding hydrogens is 454 g/mol. The van der Waals surface area contributed by atoms with Gasteiger partial charge >= 0.3 is 0 Å². The Morgan fingerprint density at radius 2 is 1.50 bits per heavy atom. The molecule has 1 aliphatic carbocycles. The topological polar surface area (TPSA) is 101 Å². The van der Waals surface area contributed by atoms with Gasteiger partial charge in [-0.1, -0.05) is 48.5 Å². The number of anilines is 1. The molecule has 0 bridgehead atoms. The van der Waals surface area contributed by atoms with Gasteiger partial charge in [0, 0.05) is 23.4 Å². The predicted molar refractivity (Wildman–Crippen MR) is 138 cm³/mol. The lowest BCUT2D eigenvalue weighted by atomic mass is 10.1. The van der Waals surface area contributed by atoms with E-state index in [0.717, 1.165) is 17.5 Å². The number of benzene rings is 4. The normalized spacial score (nSPS) is 11.8. The monoisotopic (exact) mass is 475 g/mol. The number of nitro groups is 1. The Hall–Kier alpha value is -5.04. The van der Waals surface area contributed by atoms with Crippen LogP contribution in [0.25, 0.3) is 17.2 Å². The van der Waals surface area contributed by atoms with Crippen LogP contribution >= 0.6 is 0 Å². The third-order valence-electron chi connectivity index (χ3n) is 6.00. The van der Waals surface area contributed by atoms with Crippen molar-refractivity contribution in [1.82, 2.24) is 5.32 Å². The standard InChI is InChI=1S/C29H21N3O4/c33-28(20-6-2-1-3-7-20)31-27(16-19-10-13-24(14-11-19)32(35)36)29(34)30-23-12-15-26-22(18-23)17-21-8-4-5-9-25(21)26/h1-16,18H,17H2,(H,30,34)(H,31,33)/b27-16+. The van der Waals surface area contributed by atoms with Crippen LogP contribution in [0, 0.1) is 10.1 Å². The minimum Gasteiger partial charge on any atom is -0.321 e. The zero-order chi connectivity index (χ0) is 25.1. The van der Waals surface area contributed by atoms with Crippen molar-refractivity contribution in [2.45, 2.75) is 6.42 Å². The summed E-state index contributed by atoms with van der Waals surface area (Å²) < 4.78 is 0. The Kier molecular flexibility index (Phi) is 6.11. The van der Waals surface area contributed by atoms with Crippen LogP contribution in [-0.4, -0.2) is 16.7 Å². The number of non-ortho nitro benzene ring substituents is 1. The molecule has 0 heterocycles. The Bertz CT molecular complexity index is 1510. The molecule has 2 N–H and O–H groups in total. The Labute approximate surface area is 207 Å². The molecule has 0 fully saturated rings. The lowest BCUT2D eigenvalue weighted by Gasteiger charge is -2.12. The average Bonchev–Trinajstić information content (AvgIpc) is 3.27. The van der Waals surface area contributed by atoms with E-state index in [1.54, 1.807) is 30.3 Å². The molecule has 2 amide bonds. The number of amides is 2. The molecule has 0 saturated carbocycles. The summed E-state index contributed by atoms with van der Waals surface area (Å²) in [6.07, 6.45) is 2.27. The molecule has 0 unspecified atom stereocenters. The summed E-state index contributed by atoms with van der Waals surface area (Å²) in [5, 5.41) is 16.5. The molecule has 1 aliphatic rings. The molecule has 4 aromatic carbocycles. The lowest BCUT2D eigenvalue weighted by molar-refractivity contribution is -0.384. The molecule has 7 nitrogen and oxygen atoms in total. The molecule has 176 valence electrons. The summed E-state index contributed by atoms with van der Waals surface area (Å²) in [5.74, 6) is -0.948. The van der Waals surface area contributed by atoms with Crippen LogP contribution in [0.2, 0.25) is 0 Å². The first-order valence-electron chi connectivity index (χ1n) is 11.3. The van der Waals surface area contributed by atoms with Gasteiger partial charge in [0.2, 0.25) is 0 Å². The Morgan fingerprint density at radius 3 is 2.25 bits per heavy atom. The molecule has 7 heteroatoms.